The van der Waals surface area contributed by atoms with Crippen LogP contribution in [-0.2, 0) is 7.05 Å². The van der Waals surface area contributed by atoms with Crippen LogP contribution in [0.25, 0.3) is 10.9 Å². The Balaban J connectivity index is 2.17. The summed E-state index contributed by atoms with van der Waals surface area (Å²) >= 11 is 0. The summed E-state index contributed by atoms with van der Waals surface area (Å²) in [5.41, 5.74) is 2.30. The van der Waals surface area contributed by atoms with E-state index in [0.29, 0.717) is 10.9 Å². The molecule has 0 aliphatic carbocycles. The Morgan fingerprint density at radius 1 is 1.25 bits per heavy atom. The van der Waals surface area contributed by atoms with Crippen LogP contribution >= 0.6 is 0 Å². The van der Waals surface area contributed by atoms with Crippen molar-refractivity contribution < 1.29 is 5.11 Å². The molecule has 0 amide bonds. The maximum Gasteiger partial charge on any atom is 0.262 e. The Bertz CT molecular complexity index is 832. The molecule has 1 atom stereocenters. The summed E-state index contributed by atoms with van der Waals surface area (Å²) in [4.78, 5) is 19.9. The number of hydrogen-bond donors (Lipinski definition) is 1. The molecule has 130 valence electrons. The van der Waals surface area contributed by atoms with Crippen molar-refractivity contribution in [1.82, 2.24) is 9.55 Å². The molecular weight excluding hydrogens is 318 g/mol. The van der Waals surface area contributed by atoms with Crippen molar-refractivity contribution in [3.8, 4) is 0 Å². The van der Waals surface area contributed by atoms with E-state index in [-0.39, 0.29) is 5.56 Å². The molecule has 3 rings (SSSR count). The number of aryl methyl sites for hydroxylation is 1. The minimum atomic E-state index is -1.08. The molecule has 0 radical (unpaired) electrons. The predicted octanol–water partition coefficient (Wildman–Crippen LogP) is 2.82. The molecule has 1 unspecified atom stereocenters. The van der Waals surface area contributed by atoms with Gasteiger partial charge in [0.25, 0.3) is 5.56 Å². The maximum atomic E-state index is 12.9. The van der Waals surface area contributed by atoms with Gasteiger partial charge < -0.3 is 10.0 Å². The molecule has 1 aromatic carbocycles. The van der Waals surface area contributed by atoms with Crippen LogP contribution in [0.2, 0.25) is 25.2 Å². The van der Waals surface area contributed by atoms with Gasteiger partial charge in [-0.2, -0.15) is 0 Å². The predicted molar refractivity (Wildman–Crippen MR) is 102 cm³/mol. The number of benzene rings is 1. The third-order valence-electron chi connectivity index (χ3n) is 5.18. The number of aliphatic hydroxyl groups is 1. The summed E-state index contributed by atoms with van der Waals surface area (Å²) < 4.78 is 1.66. The van der Waals surface area contributed by atoms with Gasteiger partial charge in [0, 0.05) is 25.7 Å². The lowest BCUT2D eigenvalue weighted by molar-refractivity contribution is 0.200. The lowest BCUT2D eigenvalue weighted by atomic mass is 10.0. The number of anilines is 1. The molecule has 5 nitrogen and oxygen atoms in total. The van der Waals surface area contributed by atoms with E-state index in [2.05, 4.69) is 18.0 Å². The van der Waals surface area contributed by atoms with Crippen LogP contribution in [-0.4, -0.2) is 35.8 Å². The van der Waals surface area contributed by atoms with Gasteiger partial charge in [0.15, 0.2) is 0 Å². The molecule has 1 aliphatic heterocycles. The summed E-state index contributed by atoms with van der Waals surface area (Å²) in [7, 11) is 0.714. The Hall–Kier alpha value is -1.66. The van der Waals surface area contributed by atoms with E-state index in [0.717, 1.165) is 30.2 Å². The second-order valence-electron chi connectivity index (χ2n) is 7.85. The summed E-state index contributed by atoms with van der Waals surface area (Å²) in [6.07, 6.45) is -0.646. The van der Waals surface area contributed by atoms with Crippen LogP contribution in [0, 0.1) is 6.92 Å². The molecule has 1 fully saturated rings. The highest BCUT2D eigenvalue weighted by Gasteiger charge is 2.29. The van der Waals surface area contributed by atoms with Crippen molar-refractivity contribution in [3.05, 3.63) is 33.6 Å². The maximum absolute atomic E-state index is 12.9. The number of aromatic nitrogens is 2. The fraction of sp³-hybridized carbons (Fsp3) is 0.556. The van der Waals surface area contributed by atoms with Crippen LogP contribution in [0.15, 0.2) is 16.9 Å². The van der Waals surface area contributed by atoms with Gasteiger partial charge in [-0.1, -0.05) is 19.2 Å². The highest BCUT2D eigenvalue weighted by molar-refractivity contribution is 6.77. The van der Waals surface area contributed by atoms with Crippen LogP contribution in [0.1, 0.15) is 24.2 Å². The molecule has 0 bridgehead atoms. The van der Waals surface area contributed by atoms with E-state index in [1.165, 1.54) is 12.1 Å². The van der Waals surface area contributed by atoms with Crippen molar-refractivity contribution >= 4 is 24.9 Å². The van der Waals surface area contributed by atoms with Gasteiger partial charge in [-0.05, 0) is 37.6 Å². The van der Waals surface area contributed by atoms with Gasteiger partial charge in [-0.15, -0.1) is 0 Å². The van der Waals surface area contributed by atoms with Gasteiger partial charge in [-0.3, -0.25) is 9.36 Å². The first-order valence-corrected chi connectivity index (χ1v) is 12.1. The molecule has 6 heteroatoms. The molecule has 24 heavy (non-hydrogen) atoms. The smallest absolute Gasteiger partial charge is 0.262 e. The first-order valence-electron chi connectivity index (χ1n) is 8.64. The number of rotatable bonds is 2. The van der Waals surface area contributed by atoms with Crippen molar-refractivity contribution in [2.75, 3.05) is 18.0 Å². The van der Waals surface area contributed by atoms with Crippen LogP contribution < -0.4 is 10.5 Å². The Morgan fingerprint density at radius 2 is 1.88 bits per heavy atom. The largest absolute Gasteiger partial charge is 0.389 e. The summed E-state index contributed by atoms with van der Waals surface area (Å²) in [5.74, 6) is 0.725. The topological polar surface area (TPSA) is 58.4 Å². The molecular formula is C18H27N3O2Si. The molecule has 0 spiro atoms. The monoisotopic (exact) mass is 345 g/mol. The molecule has 2 heterocycles. The van der Waals surface area contributed by atoms with E-state index in [9.17, 15) is 9.90 Å². The van der Waals surface area contributed by atoms with E-state index in [1.54, 1.807) is 18.5 Å². The summed E-state index contributed by atoms with van der Waals surface area (Å²) in [5, 5.41) is 10.7. The number of hydrogen-bond acceptors (Lipinski definition) is 4. The lowest BCUT2D eigenvalue weighted by Crippen LogP contribution is -2.44. The zero-order valence-corrected chi connectivity index (χ0v) is 16.3. The SMILES string of the molecule is Cc1cc(C(C)O)c2nc(N3CC[Si](C)(C)CC3)n(C)c(=O)c2c1. The second kappa shape index (κ2) is 6.00. The van der Waals surface area contributed by atoms with E-state index in [1.807, 2.05) is 19.1 Å². The van der Waals surface area contributed by atoms with Crippen molar-refractivity contribution in [1.29, 1.82) is 0 Å². The Morgan fingerprint density at radius 3 is 2.46 bits per heavy atom. The first-order chi connectivity index (χ1) is 11.2. The Kier molecular flexibility index (Phi) is 4.30. The highest BCUT2D eigenvalue weighted by Crippen LogP contribution is 2.28. The third kappa shape index (κ3) is 3.00. The molecule has 2 aromatic rings. The summed E-state index contributed by atoms with van der Waals surface area (Å²) in [6.45, 7) is 10.4. The van der Waals surface area contributed by atoms with E-state index >= 15 is 0 Å². The number of nitrogens with zero attached hydrogens (tertiary/aromatic N) is 3. The standard InChI is InChI=1S/C18H27N3O2Si/c1-12-10-14(13(2)22)16-15(11-12)17(23)20(3)18(19-16)21-6-8-24(4,5)9-7-21/h10-11,13,22H,6-9H2,1-5H3. The zero-order chi connectivity index (χ0) is 17.6. The Labute approximate surface area is 144 Å². The quantitative estimate of drug-likeness (QED) is 0.850. The van der Waals surface area contributed by atoms with E-state index < -0.39 is 14.2 Å². The highest BCUT2D eigenvalue weighted by atomic mass is 28.3. The average Bonchev–Trinajstić information content (AvgIpc) is 2.51. The minimum absolute atomic E-state index is 0.0392. The van der Waals surface area contributed by atoms with Gasteiger partial charge in [0.05, 0.1) is 25.1 Å². The third-order valence-corrected chi connectivity index (χ3v) is 8.33. The second-order valence-corrected chi connectivity index (χ2v) is 13.2. The number of aliphatic hydroxyl groups excluding tert-OH is 1. The van der Waals surface area contributed by atoms with E-state index in [4.69, 9.17) is 4.98 Å². The van der Waals surface area contributed by atoms with Gasteiger partial charge in [0.2, 0.25) is 5.95 Å². The zero-order valence-electron chi connectivity index (χ0n) is 15.3. The molecule has 1 aromatic heterocycles. The van der Waals surface area contributed by atoms with Gasteiger partial charge in [-0.25, -0.2) is 4.98 Å². The average molecular weight is 346 g/mol. The number of fused-ring (bicyclic) bond motifs is 1. The molecule has 0 saturated carbocycles. The van der Waals surface area contributed by atoms with Crippen LogP contribution in [0.3, 0.4) is 0 Å². The van der Waals surface area contributed by atoms with Crippen LogP contribution in [0.5, 0.6) is 0 Å². The summed E-state index contributed by atoms with van der Waals surface area (Å²) in [6, 6.07) is 6.23. The van der Waals surface area contributed by atoms with Gasteiger partial charge in [0.1, 0.15) is 0 Å². The molecule has 1 saturated heterocycles. The normalized spacial score (nSPS) is 18.8. The first kappa shape index (κ1) is 17.2. The molecule has 1 N–H and O–H groups in total. The molecule has 1 aliphatic rings. The van der Waals surface area contributed by atoms with Crippen molar-refractivity contribution in [2.45, 2.75) is 45.1 Å². The van der Waals surface area contributed by atoms with Crippen LogP contribution in [0.4, 0.5) is 5.95 Å². The fourth-order valence-corrected chi connectivity index (χ4v) is 5.45. The van der Waals surface area contributed by atoms with Crippen molar-refractivity contribution in [2.24, 2.45) is 7.05 Å². The minimum Gasteiger partial charge on any atom is -0.389 e. The van der Waals surface area contributed by atoms with Crippen molar-refractivity contribution in [3.63, 3.8) is 0 Å². The fourth-order valence-electron chi connectivity index (χ4n) is 3.45. The van der Waals surface area contributed by atoms with Gasteiger partial charge >= 0.3 is 0 Å². The lowest BCUT2D eigenvalue weighted by Gasteiger charge is -2.36.